The average Bonchev–Trinajstić information content (AvgIpc) is 2.34. The highest BCUT2D eigenvalue weighted by atomic mass is 79.9. The lowest BCUT2D eigenvalue weighted by Crippen LogP contribution is -2.02. The molecule has 0 fully saturated rings. The molecule has 2 aromatic rings. The second-order valence-electron chi connectivity index (χ2n) is 3.91. The lowest BCUT2D eigenvalue weighted by atomic mass is 10.2. The topological polar surface area (TPSA) is 62.2 Å². The molecule has 0 spiro atoms. The number of carbonyl (C=O) groups is 1. The molecule has 0 aliphatic carbocycles. The van der Waals surface area contributed by atoms with Crippen LogP contribution in [-0.4, -0.2) is 16.1 Å². The van der Waals surface area contributed by atoms with Crippen LogP contribution in [-0.2, 0) is 0 Å². The second kappa shape index (κ2) is 5.59. The Morgan fingerprint density at radius 1 is 1.42 bits per heavy atom. The van der Waals surface area contributed by atoms with E-state index in [1.807, 2.05) is 6.07 Å². The molecule has 1 aromatic carbocycles. The number of nitrogens with zero attached hydrogens (tertiary/aromatic N) is 1. The zero-order chi connectivity index (χ0) is 14.0. The number of nitrogens with one attached hydrogen (secondary N) is 1. The fourth-order valence-corrected chi connectivity index (χ4v) is 2.13. The molecule has 0 bridgehead atoms. The molecule has 0 amide bonds. The van der Waals surface area contributed by atoms with Gasteiger partial charge in [-0.05, 0) is 47.1 Å². The summed E-state index contributed by atoms with van der Waals surface area (Å²) in [7, 11) is 0. The quantitative estimate of drug-likeness (QED) is 0.876. The highest BCUT2D eigenvalue weighted by molar-refractivity contribution is 9.10. The molecule has 4 nitrogen and oxygen atoms in total. The maximum Gasteiger partial charge on any atom is 0.335 e. The maximum atomic E-state index is 11.0. The van der Waals surface area contributed by atoms with E-state index in [1.54, 1.807) is 19.1 Å². The number of aryl methyl sites for hydroxylation is 1. The number of rotatable bonds is 3. The fraction of sp³-hybridized carbons (Fsp3) is 0.0769. The van der Waals surface area contributed by atoms with Crippen molar-refractivity contribution in [3.63, 3.8) is 0 Å². The van der Waals surface area contributed by atoms with Gasteiger partial charge in [0, 0.05) is 5.69 Å². The van der Waals surface area contributed by atoms with Crippen molar-refractivity contribution in [1.82, 2.24) is 4.98 Å². The first-order chi connectivity index (χ1) is 8.97. The Kier molecular flexibility index (Phi) is 4.07. The first-order valence-corrected chi connectivity index (χ1v) is 6.57. The second-order valence-corrected chi connectivity index (χ2v) is 5.11. The summed E-state index contributed by atoms with van der Waals surface area (Å²) in [5.41, 5.74) is 1.54. The van der Waals surface area contributed by atoms with Gasteiger partial charge in [-0.3, -0.25) is 0 Å². The Morgan fingerprint density at radius 2 is 2.16 bits per heavy atom. The monoisotopic (exact) mass is 340 g/mol. The third kappa shape index (κ3) is 3.24. The van der Waals surface area contributed by atoms with Gasteiger partial charge in [-0.25, -0.2) is 9.78 Å². The molecular weight excluding hydrogens is 332 g/mol. The summed E-state index contributed by atoms with van der Waals surface area (Å²) in [4.78, 5) is 15.2. The summed E-state index contributed by atoms with van der Waals surface area (Å²) in [5.74, 6) is -0.529. The lowest BCUT2D eigenvalue weighted by molar-refractivity contribution is 0.0696. The first-order valence-electron chi connectivity index (χ1n) is 5.40. The van der Waals surface area contributed by atoms with Gasteiger partial charge in [-0.1, -0.05) is 17.7 Å². The van der Waals surface area contributed by atoms with Gasteiger partial charge in [-0.2, -0.15) is 0 Å². The van der Waals surface area contributed by atoms with E-state index in [0.717, 1.165) is 5.69 Å². The first kappa shape index (κ1) is 13.8. The molecule has 0 aliphatic heterocycles. The van der Waals surface area contributed by atoms with Crippen LogP contribution < -0.4 is 5.32 Å². The van der Waals surface area contributed by atoms with E-state index < -0.39 is 5.97 Å². The summed E-state index contributed by atoms with van der Waals surface area (Å²) in [6.07, 6.45) is 0. The highest BCUT2D eigenvalue weighted by Crippen LogP contribution is 2.31. The number of benzene rings is 1. The van der Waals surface area contributed by atoms with Gasteiger partial charge in [0.1, 0.15) is 5.82 Å². The third-order valence-corrected chi connectivity index (χ3v) is 3.81. The van der Waals surface area contributed by atoms with Crippen molar-refractivity contribution in [1.29, 1.82) is 0 Å². The van der Waals surface area contributed by atoms with Crippen molar-refractivity contribution in [2.24, 2.45) is 0 Å². The SMILES string of the molecule is Cc1cc(C(=O)O)cc(Nc2cccc(Cl)c2Br)n1. The molecule has 19 heavy (non-hydrogen) atoms. The van der Waals surface area contributed by atoms with Crippen molar-refractivity contribution >= 4 is 45.0 Å². The van der Waals surface area contributed by atoms with Crippen LogP contribution in [0.15, 0.2) is 34.8 Å². The number of hydrogen-bond donors (Lipinski definition) is 2. The van der Waals surface area contributed by atoms with Gasteiger partial charge < -0.3 is 10.4 Å². The Morgan fingerprint density at radius 3 is 2.84 bits per heavy atom. The van der Waals surface area contributed by atoms with Crippen LogP contribution in [0.1, 0.15) is 16.1 Å². The zero-order valence-electron chi connectivity index (χ0n) is 9.95. The standard InChI is InChI=1S/C13H10BrClN2O2/c1-7-5-8(13(18)19)6-11(16-7)17-10-4-2-3-9(15)12(10)14/h2-6H,1H3,(H,16,17)(H,18,19). The van der Waals surface area contributed by atoms with Crippen LogP contribution in [0.25, 0.3) is 0 Å². The number of carboxylic acid groups (broad SMARTS) is 1. The number of aromatic nitrogens is 1. The number of carboxylic acids is 1. The zero-order valence-corrected chi connectivity index (χ0v) is 12.3. The summed E-state index contributed by atoms with van der Waals surface area (Å²) in [6.45, 7) is 1.74. The molecule has 1 heterocycles. The number of halogens is 2. The van der Waals surface area contributed by atoms with E-state index >= 15 is 0 Å². The summed E-state index contributed by atoms with van der Waals surface area (Å²) < 4.78 is 0.705. The number of anilines is 2. The van der Waals surface area contributed by atoms with Gasteiger partial charge in [0.05, 0.1) is 20.7 Å². The van der Waals surface area contributed by atoms with Gasteiger partial charge in [0.25, 0.3) is 0 Å². The fourth-order valence-electron chi connectivity index (χ4n) is 1.59. The smallest absolute Gasteiger partial charge is 0.335 e. The maximum absolute atomic E-state index is 11.0. The van der Waals surface area contributed by atoms with Crippen LogP contribution in [0.3, 0.4) is 0 Å². The third-order valence-electron chi connectivity index (χ3n) is 2.41. The van der Waals surface area contributed by atoms with Gasteiger partial charge >= 0.3 is 5.97 Å². The predicted octanol–water partition coefficient (Wildman–Crippen LogP) is 4.25. The van der Waals surface area contributed by atoms with E-state index in [0.29, 0.717) is 21.0 Å². The largest absolute Gasteiger partial charge is 0.478 e. The normalized spacial score (nSPS) is 10.3. The van der Waals surface area contributed by atoms with Crippen molar-refractivity contribution in [3.05, 3.63) is 51.1 Å². The van der Waals surface area contributed by atoms with E-state index in [2.05, 4.69) is 26.2 Å². The minimum atomic E-state index is -0.987. The predicted molar refractivity (Wildman–Crippen MR) is 78.4 cm³/mol. The Labute approximate surface area is 123 Å². The van der Waals surface area contributed by atoms with E-state index in [9.17, 15) is 4.79 Å². The van der Waals surface area contributed by atoms with Crippen LogP contribution >= 0.6 is 27.5 Å². The molecule has 0 saturated heterocycles. The van der Waals surface area contributed by atoms with Crippen molar-refractivity contribution in [3.8, 4) is 0 Å². The minimum Gasteiger partial charge on any atom is -0.478 e. The molecule has 1 aromatic heterocycles. The molecule has 0 radical (unpaired) electrons. The Bertz CT molecular complexity index is 647. The highest BCUT2D eigenvalue weighted by Gasteiger charge is 2.09. The van der Waals surface area contributed by atoms with E-state index in [1.165, 1.54) is 12.1 Å². The van der Waals surface area contributed by atoms with Crippen molar-refractivity contribution in [2.45, 2.75) is 6.92 Å². The number of pyridine rings is 1. The van der Waals surface area contributed by atoms with Crippen LogP contribution in [0, 0.1) is 6.92 Å². The molecule has 2 rings (SSSR count). The Hall–Kier alpha value is -1.59. The number of hydrogen-bond acceptors (Lipinski definition) is 3. The van der Waals surface area contributed by atoms with E-state index in [4.69, 9.17) is 16.7 Å². The summed E-state index contributed by atoms with van der Waals surface area (Å²) in [6, 6.07) is 8.36. The van der Waals surface area contributed by atoms with Gasteiger partial charge in [-0.15, -0.1) is 0 Å². The molecule has 0 aliphatic rings. The lowest BCUT2D eigenvalue weighted by Gasteiger charge is -2.10. The van der Waals surface area contributed by atoms with Crippen molar-refractivity contribution < 1.29 is 9.90 Å². The molecule has 0 atom stereocenters. The summed E-state index contributed by atoms with van der Waals surface area (Å²) >= 11 is 9.36. The Balaban J connectivity index is 2.38. The molecule has 2 N–H and O–H groups in total. The average molecular weight is 342 g/mol. The van der Waals surface area contributed by atoms with Crippen LogP contribution in [0.4, 0.5) is 11.5 Å². The minimum absolute atomic E-state index is 0.188. The molecule has 6 heteroatoms. The van der Waals surface area contributed by atoms with Gasteiger partial charge in [0.2, 0.25) is 0 Å². The van der Waals surface area contributed by atoms with E-state index in [-0.39, 0.29) is 5.56 Å². The number of aromatic carboxylic acids is 1. The van der Waals surface area contributed by atoms with Gasteiger partial charge in [0.15, 0.2) is 0 Å². The van der Waals surface area contributed by atoms with Crippen LogP contribution in [0.5, 0.6) is 0 Å². The molecule has 0 saturated carbocycles. The molecule has 0 unspecified atom stereocenters. The van der Waals surface area contributed by atoms with Crippen LogP contribution in [0.2, 0.25) is 5.02 Å². The molecule has 98 valence electrons. The summed E-state index contributed by atoms with van der Waals surface area (Å²) in [5, 5.41) is 12.6. The van der Waals surface area contributed by atoms with Crippen molar-refractivity contribution in [2.75, 3.05) is 5.32 Å². The molecular formula is C13H10BrClN2O2.